The van der Waals surface area contributed by atoms with Gasteiger partial charge in [0, 0.05) is 38.6 Å². The van der Waals surface area contributed by atoms with Crippen molar-refractivity contribution in [2.24, 2.45) is 17.3 Å². The Morgan fingerprint density at radius 1 is 1.44 bits per heavy atom. The number of hydrogen-bond donors (Lipinski definition) is 2. The van der Waals surface area contributed by atoms with Gasteiger partial charge in [0.25, 0.3) is 0 Å². The van der Waals surface area contributed by atoms with Gasteiger partial charge in [-0.05, 0) is 30.6 Å². The summed E-state index contributed by atoms with van der Waals surface area (Å²) in [5, 5.41) is 6.34. The molecule has 102 valence electrons. The van der Waals surface area contributed by atoms with Crippen molar-refractivity contribution in [3.63, 3.8) is 0 Å². The molecule has 4 heteroatoms. The van der Waals surface area contributed by atoms with Crippen molar-refractivity contribution in [1.82, 2.24) is 15.5 Å². The molecule has 0 aromatic heterocycles. The second-order valence-corrected chi connectivity index (χ2v) is 6.54. The monoisotopic (exact) mass is 251 g/mol. The molecule has 0 bridgehead atoms. The van der Waals surface area contributed by atoms with E-state index in [9.17, 15) is 4.79 Å². The molecule has 3 fully saturated rings. The fourth-order valence-corrected chi connectivity index (χ4v) is 3.56. The SMILES string of the molecule is CC1CCN(C(=O)NCC2CNC2)CC12CCC2. The van der Waals surface area contributed by atoms with E-state index in [0.717, 1.165) is 38.6 Å². The van der Waals surface area contributed by atoms with Gasteiger partial charge in [-0.25, -0.2) is 4.79 Å². The maximum Gasteiger partial charge on any atom is 0.317 e. The van der Waals surface area contributed by atoms with Crippen LogP contribution >= 0.6 is 0 Å². The third kappa shape index (κ3) is 2.11. The maximum absolute atomic E-state index is 12.2. The van der Waals surface area contributed by atoms with Crippen molar-refractivity contribution in [3.8, 4) is 0 Å². The summed E-state index contributed by atoms with van der Waals surface area (Å²) in [6, 6.07) is 0.167. The first kappa shape index (κ1) is 12.3. The molecule has 2 amide bonds. The van der Waals surface area contributed by atoms with Crippen LogP contribution in [0.4, 0.5) is 4.79 Å². The Morgan fingerprint density at radius 3 is 2.78 bits per heavy atom. The summed E-state index contributed by atoms with van der Waals surface area (Å²) in [7, 11) is 0. The lowest BCUT2D eigenvalue weighted by molar-refractivity contribution is -0.0130. The summed E-state index contributed by atoms with van der Waals surface area (Å²) in [6.07, 6.45) is 5.18. The van der Waals surface area contributed by atoms with Crippen molar-refractivity contribution in [2.75, 3.05) is 32.7 Å². The average Bonchev–Trinajstić information content (AvgIpc) is 2.25. The van der Waals surface area contributed by atoms with Crippen LogP contribution < -0.4 is 10.6 Å². The topological polar surface area (TPSA) is 44.4 Å². The van der Waals surface area contributed by atoms with E-state index in [1.165, 1.54) is 25.7 Å². The number of amides is 2. The molecule has 0 aromatic carbocycles. The third-order valence-electron chi connectivity index (χ3n) is 5.43. The van der Waals surface area contributed by atoms with Gasteiger partial charge >= 0.3 is 6.03 Å². The van der Waals surface area contributed by atoms with Crippen molar-refractivity contribution in [3.05, 3.63) is 0 Å². The van der Waals surface area contributed by atoms with Gasteiger partial charge in [-0.3, -0.25) is 0 Å². The lowest BCUT2D eigenvalue weighted by Crippen LogP contribution is -2.57. The molecular formula is C14H25N3O. The van der Waals surface area contributed by atoms with Crippen molar-refractivity contribution < 1.29 is 4.79 Å². The van der Waals surface area contributed by atoms with Gasteiger partial charge in [-0.2, -0.15) is 0 Å². The quantitative estimate of drug-likeness (QED) is 0.780. The molecule has 1 saturated carbocycles. The van der Waals surface area contributed by atoms with Gasteiger partial charge < -0.3 is 15.5 Å². The minimum Gasteiger partial charge on any atom is -0.338 e. The lowest BCUT2D eigenvalue weighted by atomic mass is 9.59. The minimum absolute atomic E-state index is 0.167. The molecule has 1 unspecified atom stereocenters. The van der Waals surface area contributed by atoms with Gasteiger partial charge in [0.1, 0.15) is 0 Å². The summed E-state index contributed by atoms with van der Waals surface area (Å²) in [6.45, 7) is 7.25. The molecule has 1 atom stereocenters. The minimum atomic E-state index is 0.167. The van der Waals surface area contributed by atoms with Crippen molar-refractivity contribution in [2.45, 2.75) is 32.6 Å². The van der Waals surface area contributed by atoms with Crippen LogP contribution in [0.5, 0.6) is 0 Å². The molecule has 2 saturated heterocycles. The fraction of sp³-hybridized carbons (Fsp3) is 0.929. The van der Waals surface area contributed by atoms with E-state index in [0.29, 0.717) is 11.3 Å². The molecule has 2 heterocycles. The van der Waals surface area contributed by atoms with E-state index in [-0.39, 0.29) is 6.03 Å². The standard InChI is InChI=1S/C14H25N3O/c1-11-3-6-17(10-14(11)4-2-5-14)13(18)16-9-12-7-15-8-12/h11-12,15H,2-10H2,1H3,(H,16,18). The van der Waals surface area contributed by atoms with E-state index < -0.39 is 0 Å². The van der Waals surface area contributed by atoms with Crippen LogP contribution in [0.2, 0.25) is 0 Å². The molecule has 18 heavy (non-hydrogen) atoms. The van der Waals surface area contributed by atoms with Gasteiger partial charge in [0.15, 0.2) is 0 Å². The van der Waals surface area contributed by atoms with E-state index in [1.54, 1.807) is 0 Å². The zero-order valence-electron chi connectivity index (χ0n) is 11.4. The predicted octanol–water partition coefficient (Wildman–Crippen LogP) is 1.43. The van der Waals surface area contributed by atoms with Crippen LogP contribution in [-0.2, 0) is 0 Å². The van der Waals surface area contributed by atoms with E-state index in [4.69, 9.17) is 0 Å². The van der Waals surface area contributed by atoms with Crippen LogP contribution in [0.15, 0.2) is 0 Å². The van der Waals surface area contributed by atoms with Gasteiger partial charge in [-0.15, -0.1) is 0 Å². The van der Waals surface area contributed by atoms with Crippen molar-refractivity contribution in [1.29, 1.82) is 0 Å². The molecule has 1 aliphatic carbocycles. The zero-order chi connectivity index (χ0) is 12.6. The van der Waals surface area contributed by atoms with Crippen LogP contribution in [0, 0.1) is 17.3 Å². The zero-order valence-corrected chi connectivity index (χ0v) is 11.4. The Morgan fingerprint density at radius 2 is 2.22 bits per heavy atom. The summed E-state index contributed by atoms with van der Waals surface area (Å²) in [5.41, 5.74) is 0.466. The number of likely N-dealkylation sites (tertiary alicyclic amines) is 1. The first-order valence-electron chi connectivity index (χ1n) is 7.43. The third-order valence-corrected chi connectivity index (χ3v) is 5.43. The highest BCUT2D eigenvalue weighted by Crippen LogP contribution is 2.50. The number of hydrogen-bond acceptors (Lipinski definition) is 2. The lowest BCUT2D eigenvalue weighted by Gasteiger charge is -2.53. The Balaban J connectivity index is 1.50. The van der Waals surface area contributed by atoms with Crippen LogP contribution in [0.1, 0.15) is 32.6 Å². The van der Waals surface area contributed by atoms with Gasteiger partial charge in [-0.1, -0.05) is 13.3 Å². The second-order valence-electron chi connectivity index (χ2n) is 6.54. The Bertz CT molecular complexity index is 323. The van der Waals surface area contributed by atoms with Gasteiger partial charge in [0.2, 0.25) is 0 Å². The normalized spacial score (nSPS) is 30.7. The highest BCUT2D eigenvalue weighted by Gasteiger charge is 2.46. The number of nitrogens with zero attached hydrogens (tertiary/aromatic N) is 1. The highest BCUT2D eigenvalue weighted by atomic mass is 16.2. The Kier molecular flexibility index (Phi) is 3.22. The molecular weight excluding hydrogens is 226 g/mol. The molecule has 4 nitrogen and oxygen atoms in total. The molecule has 0 radical (unpaired) electrons. The number of piperidine rings is 1. The van der Waals surface area contributed by atoms with E-state index in [2.05, 4.69) is 22.5 Å². The summed E-state index contributed by atoms with van der Waals surface area (Å²) in [5.74, 6) is 1.45. The van der Waals surface area contributed by atoms with E-state index in [1.807, 2.05) is 0 Å². The summed E-state index contributed by atoms with van der Waals surface area (Å²) >= 11 is 0. The van der Waals surface area contributed by atoms with E-state index >= 15 is 0 Å². The number of carbonyl (C=O) groups excluding carboxylic acids is 1. The molecule has 2 N–H and O–H groups in total. The predicted molar refractivity (Wildman–Crippen MR) is 71.4 cm³/mol. The average molecular weight is 251 g/mol. The largest absolute Gasteiger partial charge is 0.338 e. The maximum atomic E-state index is 12.2. The number of nitrogens with one attached hydrogen (secondary N) is 2. The summed E-state index contributed by atoms with van der Waals surface area (Å²) < 4.78 is 0. The van der Waals surface area contributed by atoms with Crippen LogP contribution in [0.3, 0.4) is 0 Å². The molecule has 1 spiro atoms. The van der Waals surface area contributed by atoms with Crippen LogP contribution in [0.25, 0.3) is 0 Å². The Labute approximate surface area is 109 Å². The Hall–Kier alpha value is -0.770. The number of carbonyl (C=O) groups is 1. The number of rotatable bonds is 2. The second kappa shape index (κ2) is 4.72. The molecule has 0 aromatic rings. The molecule has 2 aliphatic heterocycles. The summed E-state index contributed by atoms with van der Waals surface area (Å²) in [4.78, 5) is 14.2. The molecule has 3 rings (SSSR count). The fourth-order valence-electron chi connectivity index (χ4n) is 3.56. The smallest absolute Gasteiger partial charge is 0.317 e. The van der Waals surface area contributed by atoms with Crippen molar-refractivity contribution >= 4 is 6.03 Å². The highest BCUT2D eigenvalue weighted by molar-refractivity contribution is 5.74. The first-order valence-corrected chi connectivity index (χ1v) is 7.43. The first-order chi connectivity index (χ1) is 8.70. The van der Waals surface area contributed by atoms with Crippen LogP contribution in [-0.4, -0.2) is 43.7 Å². The van der Waals surface area contributed by atoms with Gasteiger partial charge in [0.05, 0.1) is 0 Å². The molecule has 3 aliphatic rings. The number of urea groups is 1.